The van der Waals surface area contributed by atoms with Gasteiger partial charge in [-0.15, -0.1) is 0 Å². The third-order valence-corrected chi connectivity index (χ3v) is 1.58. The van der Waals surface area contributed by atoms with Gasteiger partial charge in [0.15, 0.2) is 0 Å². The quantitative estimate of drug-likeness (QED) is 0.391. The van der Waals surface area contributed by atoms with Crippen molar-refractivity contribution in [3.63, 3.8) is 0 Å². The van der Waals surface area contributed by atoms with E-state index in [4.69, 9.17) is 0 Å². The molecule has 0 aromatic rings. The van der Waals surface area contributed by atoms with Crippen LogP contribution in [0.3, 0.4) is 0 Å². The Morgan fingerprint density at radius 2 is 2.60 bits per heavy atom. The molecule has 0 saturated heterocycles. The summed E-state index contributed by atoms with van der Waals surface area (Å²) in [5.41, 5.74) is 0.869. The summed E-state index contributed by atoms with van der Waals surface area (Å²) in [6, 6.07) is 0. The molecule has 0 spiro atoms. The van der Waals surface area contributed by atoms with Crippen LogP contribution in [0.5, 0.6) is 0 Å². The molecule has 0 amide bonds. The fourth-order valence-corrected chi connectivity index (χ4v) is 0.920. The van der Waals surface area contributed by atoms with Crippen molar-refractivity contribution >= 4 is 6.08 Å². The van der Waals surface area contributed by atoms with Gasteiger partial charge < -0.3 is 4.90 Å². The minimum Gasteiger partial charge on any atom is -0.302 e. The first kappa shape index (κ1) is 7.19. The van der Waals surface area contributed by atoms with E-state index in [2.05, 4.69) is 9.89 Å². The highest BCUT2D eigenvalue weighted by molar-refractivity contribution is 5.37. The number of nitrogens with zero attached hydrogens (tertiary/aromatic N) is 2. The Kier molecular flexibility index (Phi) is 2.37. The van der Waals surface area contributed by atoms with E-state index in [0.717, 1.165) is 25.2 Å². The van der Waals surface area contributed by atoms with Gasteiger partial charge in [-0.25, -0.2) is 4.79 Å². The van der Waals surface area contributed by atoms with Crippen LogP contribution < -0.4 is 0 Å². The molecule has 1 heterocycles. The topological polar surface area (TPSA) is 32.7 Å². The molecule has 0 aromatic heterocycles. The van der Waals surface area contributed by atoms with Crippen LogP contribution >= 0.6 is 0 Å². The predicted octanol–water partition coefficient (Wildman–Crippen LogP) is 0.542. The molecular weight excluding hydrogens is 128 g/mol. The van der Waals surface area contributed by atoms with Gasteiger partial charge in [-0.1, -0.05) is 0 Å². The fourth-order valence-electron chi connectivity index (χ4n) is 0.920. The van der Waals surface area contributed by atoms with Crippen LogP contribution in [0.2, 0.25) is 0 Å². The van der Waals surface area contributed by atoms with Crippen molar-refractivity contribution < 1.29 is 4.79 Å². The highest BCUT2D eigenvalue weighted by atomic mass is 16.1. The third kappa shape index (κ3) is 1.79. The average Bonchev–Trinajstić information content (AvgIpc) is 1.95. The molecule has 1 aliphatic heterocycles. The third-order valence-electron chi connectivity index (χ3n) is 1.58. The molecule has 54 valence electrons. The standard InChI is InChI=1S/C7H10N2O/c1-9-4-2-7(3-5-9)8-6-10/h2H,3-5H2,1H3. The molecule has 0 aromatic carbocycles. The molecule has 3 heteroatoms. The number of hydrogen-bond acceptors (Lipinski definition) is 3. The number of isocyanates is 1. The number of aliphatic imine (C=N–C) groups is 1. The summed E-state index contributed by atoms with van der Waals surface area (Å²) in [6.45, 7) is 1.87. The summed E-state index contributed by atoms with van der Waals surface area (Å²) in [4.78, 5) is 15.5. The lowest BCUT2D eigenvalue weighted by atomic mass is 10.2. The number of carbonyl (C=O) groups excluding carboxylic acids is 1. The lowest BCUT2D eigenvalue weighted by Gasteiger charge is -2.18. The van der Waals surface area contributed by atoms with Gasteiger partial charge in [0, 0.05) is 19.5 Å². The zero-order chi connectivity index (χ0) is 7.40. The van der Waals surface area contributed by atoms with E-state index in [0.29, 0.717) is 0 Å². The van der Waals surface area contributed by atoms with E-state index < -0.39 is 0 Å². The van der Waals surface area contributed by atoms with Gasteiger partial charge in [0.2, 0.25) is 6.08 Å². The van der Waals surface area contributed by atoms with Crippen LogP contribution in [-0.2, 0) is 4.79 Å². The number of likely N-dealkylation sites (N-methyl/N-ethyl adjacent to an activating group) is 1. The molecular formula is C7H10N2O. The van der Waals surface area contributed by atoms with Gasteiger partial charge in [0.25, 0.3) is 0 Å². The maximum absolute atomic E-state index is 9.81. The summed E-state index contributed by atoms with van der Waals surface area (Å²) in [5.74, 6) is 0. The van der Waals surface area contributed by atoms with Crippen molar-refractivity contribution in [3.8, 4) is 0 Å². The molecule has 1 rings (SSSR count). The number of hydrogen-bond donors (Lipinski definition) is 0. The monoisotopic (exact) mass is 138 g/mol. The largest absolute Gasteiger partial charge is 0.302 e. The van der Waals surface area contributed by atoms with Crippen molar-refractivity contribution in [3.05, 3.63) is 11.8 Å². The van der Waals surface area contributed by atoms with Crippen LogP contribution in [0, 0.1) is 0 Å². The van der Waals surface area contributed by atoms with E-state index in [1.807, 2.05) is 13.1 Å². The molecule has 10 heavy (non-hydrogen) atoms. The summed E-state index contributed by atoms with van der Waals surface area (Å²) >= 11 is 0. The van der Waals surface area contributed by atoms with Crippen molar-refractivity contribution in [2.75, 3.05) is 20.1 Å². The minimum absolute atomic E-state index is 0.867. The zero-order valence-corrected chi connectivity index (χ0v) is 6.00. The molecule has 0 unspecified atom stereocenters. The van der Waals surface area contributed by atoms with Gasteiger partial charge in [-0.05, 0) is 13.1 Å². The predicted molar refractivity (Wildman–Crippen MR) is 38.3 cm³/mol. The Balaban J connectivity index is 2.56. The van der Waals surface area contributed by atoms with Gasteiger partial charge in [-0.2, -0.15) is 4.99 Å². The molecule has 0 bridgehead atoms. The molecule has 0 aliphatic carbocycles. The Bertz CT molecular complexity index is 192. The maximum Gasteiger partial charge on any atom is 0.240 e. The summed E-state index contributed by atoms with van der Waals surface area (Å²) in [7, 11) is 2.04. The summed E-state index contributed by atoms with van der Waals surface area (Å²) < 4.78 is 0. The maximum atomic E-state index is 9.81. The Hall–Kier alpha value is -0.920. The zero-order valence-electron chi connectivity index (χ0n) is 6.00. The highest BCUT2D eigenvalue weighted by Gasteiger charge is 2.05. The molecule has 3 nitrogen and oxygen atoms in total. The molecule has 1 aliphatic rings. The molecule has 0 atom stereocenters. The van der Waals surface area contributed by atoms with Gasteiger partial charge in [0.05, 0.1) is 5.70 Å². The van der Waals surface area contributed by atoms with E-state index in [1.54, 1.807) is 6.08 Å². The lowest BCUT2D eigenvalue weighted by Crippen LogP contribution is -2.23. The highest BCUT2D eigenvalue weighted by Crippen LogP contribution is 2.08. The smallest absolute Gasteiger partial charge is 0.240 e. The fraction of sp³-hybridized carbons (Fsp3) is 0.571. The van der Waals surface area contributed by atoms with Crippen LogP contribution in [0.4, 0.5) is 0 Å². The second kappa shape index (κ2) is 3.30. The van der Waals surface area contributed by atoms with Crippen molar-refractivity contribution in [2.45, 2.75) is 6.42 Å². The molecule has 0 saturated carbocycles. The number of rotatable bonds is 1. The summed E-state index contributed by atoms with van der Waals surface area (Å²) in [5, 5.41) is 0. The molecule has 0 radical (unpaired) electrons. The SMILES string of the molecule is CN1CC=C(N=C=O)CC1. The van der Waals surface area contributed by atoms with Crippen molar-refractivity contribution in [2.24, 2.45) is 4.99 Å². The van der Waals surface area contributed by atoms with Gasteiger partial charge in [-0.3, -0.25) is 0 Å². The Labute approximate surface area is 60.1 Å². The average molecular weight is 138 g/mol. The van der Waals surface area contributed by atoms with E-state index >= 15 is 0 Å². The summed E-state index contributed by atoms with van der Waals surface area (Å²) in [6.07, 6.45) is 4.36. The van der Waals surface area contributed by atoms with E-state index in [9.17, 15) is 4.79 Å². The molecule has 0 fully saturated rings. The van der Waals surface area contributed by atoms with Crippen LogP contribution in [0.1, 0.15) is 6.42 Å². The lowest BCUT2D eigenvalue weighted by molar-refractivity contribution is 0.358. The van der Waals surface area contributed by atoms with Gasteiger partial charge >= 0.3 is 0 Å². The normalized spacial score (nSPS) is 19.5. The van der Waals surface area contributed by atoms with E-state index in [-0.39, 0.29) is 0 Å². The van der Waals surface area contributed by atoms with Gasteiger partial charge in [0.1, 0.15) is 0 Å². The Morgan fingerprint density at radius 3 is 3.10 bits per heavy atom. The van der Waals surface area contributed by atoms with Crippen LogP contribution in [0.25, 0.3) is 0 Å². The first-order chi connectivity index (χ1) is 4.83. The van der Waals surface area contributed by atoms with Crippen LogP contribution in [0.15, 0.2) is 16.8 Å². The van der Waals surface area contributed by atoms with Crippen molar-refractivity contribution in [1.82, 2.24) is 4.90 Å². The Morgan fingerprint density at radius 1 is 1.80 bits per heavy atom. The van der Waals surface area contributed by atoms with Crippen molar-refractivity contribution in [1.29, 1.82) is 0 Å². The second-order valence-corrected chi connectivity index (χ2v) is 2.41. The first-order valence-corrected chi connectivity index (χ1v) is 3.28. The van der Waals surface area contributed by atoms with E-state index in [1.165, 1.54) is 0 Å². The minimum atomic E-state index is 0.867. The van der Waals surface area contributed by atoms with Crippen LogP contribution in [-0.4, -0.2) is 31.1 Å². The molecule has 0 N–H and O–H groups in total. The second-order valence-electron chi connectivity index (χ2n) is 2.41. The first-order valence-electron chi connectivity index (χ1n) is 3.28.